The third-order valence-electron chi connectivity index (χ3n) is 2.65. The van der Waals surface area contributed by atoms with E-state index in [1.54, 1.807) is 7.11 Å². The number of carbonyl (C=O) groups excluding carboxylic acids is 1. The molecule has 0 aliphatic rings. The molecule has 5 nitrogen and oxygen atoms in total. The predicted molar refractivity (Wildman–Crippen MR) is 64.8 cm³/mol. The Labute approximate surface area is 99.0 Å². The minimum absolute atomic E-state index is 0.268. The fourth-order valence-electron chi connectivity index (χ4n) is 1.79. The first kappa shape index (κ1) is 11.4. The Kier molecular flexibility index (Phi) is 3.27. The Bertz CT molecular complexity index is 534. The van der Waals surface area contributed by atoms with E-state index < -0.39 is 0 Å². The Balaban J connectivity index is 2.19. The number of ether oxygens (including phenoxy) is 1. The predicted octanol–water partition coefficient (Wildman–Crippen LogP) is 1.38. The van der Waals surface area contributed by atoms with Gasteiger partial charge in [-0.2, -0.15) is 0 Å². The number of rotatable bonds is 5. The lowest BCUT2D eigenvalue weighted by Crippen LogP contribution is -2.10. The largest absolute Gasteiger partial charge is 0.481 e. The molecule has 0 aliphatic heterocycles. The second-order valence-electron chi connectivity index (χ2n) is 3.88. The number of hydrogen-bond acceptors (Lipinski definition) is 3. The summed E-state index contributed by atoms with van der Waals surface area (Å²) in [7, 11) is 1.59. The zero-order valence-corrected chi connectivity index (χ0v) is 9.69. The van der Waals surface area contributed by atoms with Gasteiger partial charge in [-0.15, -0.1) is 0 Å². The van der Waals surface area contributed by atoms with E-state index in [4.69, 9.17) is 10.5 Å². The van der Waals surface area contributed by atoms with Crippen molar-refractivity contribution in [1.82, 2.24) is 9.97 Å². The van der Waals surface area contributed by atoms with E-state index in [1.165, 1.54) is 0 Å². The summed E-state index contributed by atoms with van der Waals surface area (Å²) in [5.74, 6) is 0.323. The molecule has 2 rings (SSSR count). The van der Waals surface area contributed by atoms with E-state index in [-0.39, 0.29) is 5.91 Å². The molecule has 0 aromatic carbocycles. The lowest BCUT2D eigenvalue weighted by atomic mass is 10.1. The van der Waals surface area contributed by atoms with Gasteiger partial charge in [0, 0.05) is 18.7 Å². The van der Waals surface area contributed by atoms with Crippen molar-refractivity contribution in [2.24, 2.45) is 5.73 Å². The van der Waals surface area contributed by atoms with Gasteiger partial charge in [0.05, 0.1) is 18.1 Å². The summed E-state index contributed by atoms with van der Waals surface area (Å²) >= 11 is 0. The minimum Gasteiger partial charge on any atom is -0.481 e. The zero-order valence-electron chi connectivity index (χ0n) is 9.69. The minimum atomic E-state index is -0.268. The lowest BCUT2D eigenvalue weighted by Gasteiger charge is -2.00. The molecular formula is C12H15N3O2. The molecule has 2 aromatic rings. The van der Waals surface area contributed by atoms with Gasteiger partial charge in [0.1, 0.15) is 0 Å². The first-order chi connectivity index (χ1) is 8.20. The average Bonchev–Trinajstić information content (AvgIpc) is 2.71. The van der Waals surface area contributed by atoms with Crippen LogP contribution in [0.3, 0.4) is 0 Å². The highest BCUT2D eigenvalue weighted by atomic mass is 16.5. The molecule has 0 atom stereocenters. The van der Waals surface area contributed by atoms with Gasteiger partial charge in [-0.05, 0) is 24.5 Å². The molecule has 17 heavy (non-hydrogen) atoms. The van der Waals surface area contributed by atoms with Crippen LogP contribution in [0.5, 0.6) is 5.88 Å². The number of pyridine rings is 1. The Morgan fingerprint density at radius 2 is 2.35 bits per heavy atom. The Morgan fingerprint density at radius 3 is 3.06 bits per heavy atom. The average molecular weight is 233 g/mol. The third kappa shape index (κ3) is 2.55. The second kappa shape index (κ2) is 4.86. The number of aromatic amines is 1. The molecule has 90 valence electrons. The monoisotopic (exact) mass is 233 g/mol. The molecular weight excluding hydrogens is 218 g/mol. The van der Waals surface area contributed by atoms with Crippen LogP contribution in [0.15, 0.2) is 18.3 Å². The summed E-state index contributed by atoms with van der Waals surface area (Å²) in [5, 5.41) is 0. The molecule has 5 heteroatoms. The normalized spacial score (nSPS) is 10.6. The van der Waals surface area contributed by atoms with E-state index in [1.807, 2.05) is 18.3 Å². The van der Waals surface area contributed by atoms with Crippen LogP contribution in [-0.4, -0.2) is 23.0 Å². The van der Waals surface area contributed by atoms with Crippen LogP contribution < -0.4 is 10.5 Å². The summed E-state index contributed by atoms with van der Waals surface area (Å²) in [6.45, 7) is 0. The van der Waals surface area contributed by atoms with E-state index >= 15 is 0 Å². The maximum Gasteiger partial charge on any atom is 0.217 e. The Morgan fingerprint density at radius 1 is 1.53 bits per heavy atom. The maximum absolute atomic E-state index is 10.7. The fourth-order valence-corrected chi connectivity index (χ4v) is 1.79. The smallest absolute Gasteiger partial charge is 0.217 e. The molecule has 0 saturated carbocycles. The topological polar surface area (TPSA) is 81.0 Å². The standard InChI is InChI=1S/C12H15N3O2/c1-17-11-6-5-9-12(15-11)8(7-14-9)3-2-4-10(13)16/h5-7,14H,2-4H2,1H3,(H2,13,16). The van der Waals surface area contributed by atoms with E-state index in [9.17, 15) is 4.79 Å². The number of aryl methyl sites for hydroxylation is 1. The zero-order chi connectivity index (χ0) is 12.3. The van der Waals surface area contributed by atoms with Crippen LogP contribution >= 0.6 is 0 Å². The number of fused-ring (bicyclic) bond motifs is 1. The molecule has 0 bridgehead atoms. The highest BCUT2D eigenvalue weighted by molar-refractivity contribution is 5.79. The number of amides is 1. The van der Waals surface area contributed by atoms with E-state index in [2.05, 4.69) is 9.97 Å². The lowest BCUT2D eigenvalue weighted by molar-refractivity contribution is -0.118. The summed E-state index contributed by atoms with van der Waals surface area (Å²) in [6.07, 6.45) is 3.83. The summed E-state index contributed by atoms with van der Waals surface area (Å²) < 4.78 is 5.09. The van der Waals surface area contributed by atoms with Crippen molar-refractivity contribution < 1.29 is 9.53 Å². The summed E-state index contributed by atoms with van der Waals surface area (Å²) in [4.78, 5) is 18.2. The Hall–Kier alpha value is -2.04. The van der Waals surface area contributed by atoms with Gasteiger partial charge in [0.2, 0.25) is 11.8 Å². The van der Waals surface area contributed by atoms with Crippen molar-refractivity contribution in [2.75, 3.05) is 7.11 Å². The van der Waals surface area contributed by atoms with Gasteiger partial charge in [-0.1, -0.05) is 0 Å². The number of aromatic nitrogens is 2. The van der Waals surface area contributed by atoms with Gasteiger partial charge < -0.3 is 15.5 Å². The van der Waals surface area contributed by atoms with Gasteiger partial charge in [0.25, 0.3) is 0 Å². The molecule has 3 N–H and O–H groups in total. The molecule has 2 heterocycles. The first-order valence-electron chi connectivity index (χ1n) is 5.50. The molecule has 0 aliphatic carbocycles. The van der Waals surface area contributed by atoms with Crippen LogP contribution in [-0.2, 0) is 11.2 Å². The van der Waals surface area contributed by atoms with Gasteiger partial charge in [-0.3, -0.25) is 4.79 Å². The van der Waals surface area contributed by atoms with Crippen LogP contribution in [0.1, 0.15) is 18.4 Å². The van der Waals surface area contributed by atoms with Gasteiger partial charge >= 0.3 is 0 Å². The third-order valence-corrected chi connectivity index (χ3v) is 2.65. The van der Waals surface area contributed by atoms with Crippen LogP contribution in [0, 0.1) is 0 Å². The second-order valence-corrected chi connectivity index (χ2v) is 3.88. The van der Waals surface area contributed by atoms with Crippen molar-refractivity contribution in [2.45, 2.75) is 19.3 Å². The molecule has 0 unspecified atom stereocenters. The number of hydrogen-bond donors (Lipinski definition) is 2. The van der Waals surface area contributed by atoms with E-state index in [0.717, 1.165) is 29.4 Å². The van der Waals surface area contributed by atoms with Gasteiger partial charge in [-0.25, -0.2) is 4.98 Å². The van der Waals surface area contributed by atoms with Crippen LogP contribution in [0.4, 0.5) is 0 Å². The number of H-pyrrole nitrogens is 1. The van der Waals surface area contributed by atoms with Crippen LogP contribution in [0.25, 0.3) is 11.0 Å². The first-order valence-corrected chi connectivity index (χ1v) is 5.50. The summed E-state index contributed by atoms with van der Waals surface area (Å²) in [5.41, 5.74) is 8.06. The highest BCUT2D eigenvalue weighted by Gasteiger charge is 2.07. The van der Waals surface area contributed by atoms with Crippen molar-refractivity contribution in [3.05, 3.63) is 23.9 Å². The van der Waals surface area contributed by atoms with Crippen molar-refractivity contribution in [1.29, 1.82) is 0 Å². The van der Waals surface area contributed by atoms with Crippen molar-refractivity contribution >= 4 is 16.9 Å². The number of nitrogens with zero attached hydrogens (tertiary/aromatic N) is 1. The SMILES string of the molecule is COc1ccc2[nH]cc(CCCC(N)=O)c2n1. The number of primary amides is 1. The molecule has 0 spiro atoms. The van der Waals surface area contributed by atoms with Crippen molar-refractivity contribution in [3.63, 3.8) is 0 Å². The molecule has 0 fully saturated rings. The quantitative estimate of drug-likeness (QED) is 0.818. The number of nitrogens with one attached hydrogen (secondary N) is 1. The fraction of sp³-hybridized carbons (Fsp3) is 0.333. The number of carbonyl (C=O) groups is 1. The molecule has 0 saturated heterocycles. The maximum atomic E-state index is 10.7. The molecule has 0 radical (unpaired) electrons. The highest BCUT2D eigenvalue weighted by Crippen LogP contribution is 2.20. The molecule has 1 amide bonds. The number of methoxy groups -OCH3 is 1. The summed E-state index contributed by atoms with van der Waals surface area (Å²) in [6, 6.07) is 3.74. The number of nitrogens with two attached hydrogens (primary N) is 1. The van der Waals surface area contributed by atoms with Gasteiger partial charge in [0.15, 0.2) is 0 Å². The van der Waals surface area contributed by atoms with Crippen molar-refractivity contribution in [3.8, 4) is 5.88 Å². The molecule has 2 aromatic heterocycles. The van der Waals surface area contributed by atoms with Crippen LogP contribution in [0.2, 0.25) is 0 Å². The van der Waals surface area contributed by atoms with E-state index in [0.29, 0.717) is 12.3 Å².